The molecule has 0 radical (unpaired) electrons. The van der Waals surface area contributed by atoms with Crippen LogP contribution in [0, 0.1) is 0 Å². The van der Waals surface area contributed by atoms with Crippen LogP contribution in [0.3, 0.4) is 0 Å². The van der Waals surface area contributed by atoms with Crippen molar-refractivity contribution in [2.24, 2.45) is 0 Å². The van der Waals surface area contributed by atoms with Crippen LogP contribution in [0.25, 0.3) is 0 Å². The lowest BCUT2D eigenvalue weighted by atomic mass is 10.0. The van der Waals surface area contributed by atoms with Crippen molar-refractivity contribution in [1.29, 1.82) is 0 Å². The first-order chi connectivity index (χ1) is 30.5. The predicted octanol–water partition coefficient (Wildman–Crippen LogP) is 16.5. The highest BCUT2D eigenvalue weighted by atomic mass is 16.5. The van der Waals surface area contributed by atoms with Gasteiger partial charge in [-0.25, -0.2) is 0 Å². The summed E-state index contributed by atoms with van der Waals surface area (Å²) in [6.07, 6.45) is 59.4. The highest BCUT2D eigenvalue weighted by Crippen LogP contribution is 2.18. The number of carbonyl (C=O) groups excluding carboxylic acids is 2. The lowest BCUT2D eigenvalue weighted by Crippen LogP contribution is -2.46. The number of nitrogens with one attached hydrogen (secondary N) is 1. The second kappa shape index (κ2) is 50.1. The molecule has 0 aromatic carbocycles. The van der Waals surface area contributed by atoms with Gasteiger partial charge < -0.3 is 20.3 Å². The molecule has 0 heterocycles. The molecule has 6 heteroatoms. The summed E-state index contributed by atoms with van der Waals surface area (Å²) >= 11 is 0. The van der Waals surface area contributed by atoms with Crippen molar-refractivity contribution < 1.29 is 24.5 Å². The van der Waals surface area contributed by atoms with Crippen molar-refractivity contribution in [3.05, 3.63) is 36.5 Å². The van der Waals surface area contributed by atoms with Crippen molar-refractivity contribution >= 4 is 11.9 Å². The number of ether oxygens (including phenoxy) is 1. The zero-order valence-corrected chi connectivity index (χ0v) is 41.5. The Balaban J connectivity index is 4.37. The zero-order chi connectivity index (χ0) is 45.2. The molecule has 6 nitrogen and oxygen atoms in total. The van der Waals surface area contributed by atoms with E-state index < -0.39 is 18.2 Å². The number of esters is 1. The van der Waals surface area contributed by atoms with E-state index in [1.165, 1.54) is 148 Å². The van der Waals surface area contributed by atoms with E-state index in [9.17, 15) is 19.8 Å². The lowest BCUT2D eigenvalue weighted by Gasteiger charge is -2.24. The summed E-state index contributed by atoms with van der Waals surface area (Å²) in [4.78, 5) is 26.1. The number of rotatable bonds is 49. The van der Waals surface area contributed by atoms with E-state index in [0.29, 0.717) is 19.3 Å². The summed E-state index contributed by atoms with van der Waals surface area (Å²) in [7, 11) is 0. The number of hydrogen-bond acceptors (Lipinski definition) is 5. The molecule has 0 aliphatic heterocycles. The van der Waals surface area contributed by atoms with Gasteiger partial charge in [-0.3, -0.25) is 9.59 Å². The Morgan fingerprint density at radius 1 is 0.468 bits per heavy atom. The van der Waals surface area contributed by atoms with E-state index in [1.54, 1.807) is 0 Å². The van der Waals surface area contributed by atoms with Gasteiger partial charge in [0.2, 0.25) is 5.91 Å². The monoisotopic (exact) mass is 872 g/mol. The third-order valence-electron chi connectivity index (χ3n) is 12.5. The second-order valence-electron chi connectivity index (χ2n) is 18.7. The van der Waals surface area contributed by atoms with E-state index in [1.807, 2.05) is 0 Å². The quantitative estimate of drug-likeness (QED) is 0.0245. The molecule has 0 aromatic rings. The Bertz CT molecular complexity index is 1020. The Morgan fingerprint density at radius 2 is 0.855 bits per heavy atom. The Labute approximate surface area is 385 Å². The number of allylic oxidation sites excluding steroid dienone is 6. The van der Waals surface area contributed by atoms with E-state index in [2.05, 4.69) is 62.5 Å². The van der Waals surface area contributed by atoms with Crippen molar-refractivity contribution in [1.82, 2.24) is 5.32 Å². The maximum absolute atomic E-state index is 13.2. The minimum absolute atomic E-state index is 0.0618. The fourth-order valence-electron chi connectivity index (χ4n) is 8.31. The minimum atomic E-state index is -0.792. The molecular formula is C56H105NO5. The molecule has 62 heavy (non-hydrogen) atoms. The topological polar surface area (TPSA) is 95.9 Å². The molecule has 0 aliphatic rings. The molecule has 0 saturated heterocycles. The van der Waals surface area contributed by atoms with Gasteiger partial charge in [-0.2, -0.15) is 0 Å². The van der Waals surface area contributed by atoms with Crippen molar-refractivity contribution in [3.8, 4) is 0 Å². The Kier molecular flexibility index (Phi) is 48.5. The molecule has 3 N–H and O–H groups in total. The van der Waals surface area contributed by atoms with Crippen LogP contribution < -0.4 is 5.32 Å². The van der Waals surface area contributed by atoms with Gasteiger partial charge in [0.25, 0.3) is 0 Å². The van der Waals surface area contributed by atoms with Gasteiger partial charge in [0, 0.05) is 6.42 Å². The SMILES string of the molecule is CCC/C=C\CCCCCC(CC(=O)NC(CO)C(O)CCCCCCCCCCCCCCCCCCC)OC(=O)CCCCCCC/C=C/C=C/CCCCCCCCC. The highest BCUT2D eigenvalue weighted by Gasteiger charge is 2.24. The zero-order valence-electron chi connectivity index (χ0n) is 41.5. The first kappa shape index (κ1) is 60.1. The fourth-order valence-corrected chi connectivity index (χ4v) is 8.31. The van der Waals surface area contributed by atoms with Gasteiger partial charge in [-0.1, -0.05) is 237 Å². The summed E-state index contributed by atoms with van der Waals surface area (Å²) in [6.45, 7) is 6.42. The summed E-state index contributed by atoms with van der Waals surface area (Å²) < 4.78 is 5.90. The highest BCUT2D eigenvalue weighted by molar-refractivity contribution is 5.77. The lowest BCUT2D eigenvalue weighted by molar-refractivity contribution is -0.151. The van der Waals surface area contributed by atoms with Crippen LogP contribution in [0.15, 0.2) is 36.5 Å². The maximum atomic E-state index is 13.2. The van der Waals surface area contributed by atoms with E-state index >= 15 is 0 Å². The van der Waals surface area contributed by atoms with Crippen LogP contribution >= 0.6 is 0 Å². The van der Waals surface area contributed by atoms with Crippen molar-refractivity contribution in [2.75, 3.05) is 6.61 Å². The van der Waals surface area contributed by atoms with Gasteiger partial charge in [0.1, 0.15) is 6.10 Å². The third-order valence-corrected chi connectivity index (χ3v) is 12.5. The number of amides is 1. The van der Waals surface area contributed by atoms with Crippen molar-refractivity contribution in [3.63, 3.8) is 0 Å². The summed E-state index contributed by atoms with van der Waals surface area (Å²) in [5.74, 6) is -0.502. The van der Waals surface area contributed by atoms with Crippen LogP contribution in [0.1, 0.15) is 284 Å². The molecule has 0 spiro atoms. The third kappa shape index (κ3) is 44.7. The number of unbranched alkanes of at least 4 members (excludes halogenated alkanes) is 32. The minimum Gasteiger partial charge on any atom is -0.462 e. The molecule has 1 amide bonds. The normalized spacial score (nSPS) is 13.4. The molecule has 0 rings (SSSR count). The van der Waals surface area contributed by atoms with Gasteiger partial charge in [-0.15, -0.1) is 0 Å². The second-order valence-corrected chi connectivity index (χ2v) is 18.7. The molecular weight excluding hydrogens is 767 g/mol. The largest absolute Gasteiger partial charge is 0.462 e. The van der Waals surface area contributed by atoms with Crippen LogP contribution in [0.2, 0.25) is 0 Å². The van der Waals surface area contributed by atoms with E-state index in [-0.39, 0.29) is 24.9 Å². The molecule has 0 saturated carbocycles. The molecule has 364 valence electrons. The molecule has 0 aliphatic carbocycles. The molecule has 0 fully saturated rings. The van der Waals surface area contributed by atoms with Gasteiger partial charge >= 0.3 is 5.97 Å². The van der Waals surface area contributed by atoms with Crippen LogP contribution in [-0.2, 0) is 14.3 Å². The van der Waals surface area contributed by atoms with E-state index in [4.69, 9.17) is 4.74 Å². The van der Waals surface area contributed by atoms with Gasteiger partial charge in [0.05, 0.1) is 25.2 Å². The molecule has 0 bridgehead atoms. The smallest absolute Gasteiger partial charge is 0.306 e. The first-order valence-electron chi connectivity index (χ1n) is 27.2. The van der Waals surface area contributed by atoms with Crippen LogP contribution in [0.4, 0.5) is 0 Å². The van der Waals surface area contributed by atoms with E-state index in [0.717, 1.165) is 89.9 Å². The summed E-state index contributed by atoms with van der Waals surface area (Å²) in [5, 5.41) is 23.8. The molecule has 3 atom stereocenters. The average molecular weight is 872 g/mol. The predicted molar refractivity (Wildman–Crippen MR) is 269 cm³/mol. The van der Waals surface area contributed by atoms with Crippen molar-refractivity contribution in [2.45, 2.75) is 302 Å². The standard InChI is InChI=1S/C56H105NO5/c1-4-7-10-13-16-19-21-23-25-27-29-31-33-35-37-40-43-46-49-56(61)62-52(47-44-41-38-18-15-12-9-6-3)50-55(60)57-53(51-58)54(59)48-45-42-39-36-34-32-30-28-26-24-22-20-17-14-11-8-5-2/h12,15,25,27,29,31,52-54,58-59H,4-11,13-14,16-24,26,28,30,32-51H2,1-3H3,(H,57,60)/b15-12-,27-25+,31-29+. The summed E-state index contributed by atoms with van der Waals surface area (Å²) in [6, 6.07) is -0.707. The van der Waals surface area contributed by atoms with Crippen LogP contribution in [-0.4, -0.2) is 46.9 Å². The van der Waals surface area contributed by atoms with Gasteiger partial charge in [0.15, 0.2) is 0 Å². The number of aliphatic hydroxyl groups excluding tert-OH is 2. The molecule has 3 unspecified atom stereocenters. The number of aliphatic hydroxyl groups is 2. The Morgan fingerprint density at radius 3 is 1.32 bits per heavy atom. The summed E-state index contributed by atoms with van der Waals surface area (Å²) in [5.41, 5.74) is 0. The number of hydrogen-bond donors (Lipinski definition) is 3. The van der Waals surface area contributed by atoms with Gasteiger partial charge in [-0.05, 0) is 70.6 Å². The fraction of sp³-hybridized carbons (Fsp3) is 0.857. The first-order valence-corrected chi connectivity index (χ1v) is 27.2. The molecule has 0 aromatic heterocycles. The Hall–Kier alpha value is -1.92. The maximum Gasteiger partial charge on any atom is 0.306 e. The average Bonchev–Trinajstić information content (AvgIpc) is 3.26. The number of carbonyl (C=O) groups is 2. The van der Waals surface area contributed by atoms with Crippen LogP contribution in [0.5, 0.6) is 0 Å².